The van der Waals surface area contributed by atoms with Gasteiger partial charge in [0.1, 0.15) is 0 Å². The average Bonchev–Trinajstić information content (AvgIpc) is 2.89. The van der Waals surface area contributed by atoms with Crippen LogP contribution in [0.15, 0.2) is 0 Å². The summed E-state index contributed by atoms with van der Waals surface area (Å²) in [5.74, 6) is 1.31. The van der Waals surface area contributed by atoms with Gasteiger partial charge < -0.3 is 11.1 Å². The molecule has 0 heterocycles. The van der Waals surface area contributed by atoms with Gasteiger partial charge >= 0.3 is 0 Å². The van der Waals surface area contributed by atoms with Gasteiger partial charge in [-0.15, -0.1) is 0 Å². The first kappa shape index (κ1) is 14.2. The normalized spacial score (nSPS) is 30.6. The Morgan fingerprint density at radius 3 is 2.72 bits per heavy atom. The molecule has 2 rings (SSSR count). The molecule has 0 aromatic carbocycles. The van der Waals surface area contributed by atoms with Crippen LogP contribution in [0.5, 0.6) is 0 Å². The van der Waals surface area contributed by atoms with Crippen molar-refractivity contribution in [1.29, 1.82) is 0 Å². The highest BCUT2D eigenvalue weighted by Gasteiger charge is 2.34. The first-order valence-corrected chi connectivity index (χ1v) is 8.38. The molecule has 3 nitrogen and oxygen atoms in total. The van der Waals surface area contributed by atoms with Crippen molar-refractivity contribution in [1.82, 2.24) is 5.32 Å². The van der Waals surface area contributed by atoms with Crippen LogP contribution in [0.1, 0.15) is 58.3 Å². The number of hydrogen-bond acceptors (Lipinski definition) is 3. The number of nitrogens with two attached hydrogens (primary N) is 1. The highest BCUT2D eigenvalue weighted by Crippen LogP contribution is 2.32. The summed E-state index contributed by atoms with van der Waals surface area (Å²) in [4.78, 5) is 12.1. The van der Waals surface area contributed by atoms with Gasteiger partial charge in [0, 0.05) is 23.3 Å². The van der Waals surface area contributed by atoms with E-state index in [4.69, 9.17) is 5.73 Å². The minimum atomic E-state index is -0.212. The molecule has 2 unspecified atom stereocenters. The Balaban J connectivity index is 1.79. The third kappa shape index (κ3) is 3.64. The third-order valence-corrected chi connectivity index (χ3v) is 5.62. The topological polar surface area (TPSA) is 55.1 Å². The minimum absolute atomic E-state index is 0.174. The number of amides is 1. The average molecular weight is 270 g/mol. The first-order valence-electron chi connectivity index (χ1n) is 7.33. The van der Waals surface area contributed by atoms with Crippen molar-refractivity contribution in [3.05, 3.63) is 0 Å². The molecule has 1 amide bonds. The van der Waals surface area contributed by atoms with E-state index in [9.17, 15) is 4.79 Å². The lowest BCUT2D eigenvalue weighted by Crippen LogP contribution is -2.46. The highest BCUT2D eigenvalue weighted by molar-refractivity contribution is 7.99. The van der Waals surface area contributed by atoms with Gasteiger partial charge in [-0.05, 0) is 31.4 Å². The lowest BCUT2D eigenvalue weighted by molar-refractivity contribution is -0.122. The molecule has 4 heteroatoms. The van der Waals surface area contributed by atoms with Gasteiger partial charge in [-0.1, -0.05) is 26.2 Å². The molecule has 104 valence electrons. The van der Waals surface area contributed by atoms with Crippen molar-refractivity contribution in [3.8, 4) is 0 Å². The van der Waals surface area contributed by atoms with E-state index in [1.807, 2.05) is 11.8 Å². The van der Waals surface area contributed by atoms with E-state index in [1.165, 1.54) is 25.7 Å². The molecular weight excluding hydrogens is 244 g/mol. The van der Waals surface area contributed by atoms with Crippen LogP contribution in [0.3, 0.4) is 0 Å². The molecule has 0 aromatic heterocycles. The van der Waals surface area contributed by atoms with E-state index in [2.05, 4.69) is 12.2 Å². The summed E-state index contributed by atoms with van der Waals surface area (Å²) >= 11 is 1.98. The fourth-order valence-corrected chi connectivity index (χ4v) is 4.54. The molecule has 2 aliphatic rings. The fourth-order valence-electron chi connectivity index (χ4n) is 3.34. The Hall–Kier alpha value is -0.220. The number of thioether (sulfide) groups is 1. The van der Waals surface area contributed by atoms with Crippen molar-refractivity contribution in [2.45, 2.75) is 75.1 Å². The molecule has 2 aliphatic carbocycles. The first-order chi connectivity index (χ1) is 8.63. The van der Waals surface area contributed by atoms with Crippen LogP contribution in [-0.2, 0) is 4.79 Å². The van der Waals surface area contributed by atoms with Gasteiger partial charge in [-0.25, -0.2) is 0 Å². The standard InChI is InChI=1S/C14H26N2OS/c1-2-18-12-7-5-6-11(12)16-13(17)10-14(15)8-3-4-9-14/h11-12H,2-10,15H2,1H3,(H,16,17). The van der Waals surface area contributed by atoms with E-state index in [0.29, 0.717) is 17.7 Å². The minimum Gasteiger partial charge on any atom is -0.352 e. The van der Waals surface area contributed by atoms with Crippen LogP contribution in [0.2, 0.25) is 0 Å². The molecule has 0 radical (unpaired) electrons. The smallest absolute Gasteiger partial charge is 0.222 e. The zero-order chi connectivity index (χ0) is 13.0. The lowest BCUT2D eigenvalue weighted by Gasteiger charge is -2.25. The summed E-state index contributed by atoms with van der Waals surface area (Å²) in [6.45, 7) is 2.19. The third-order valence-electron chi connectivity index (χ3n) is 4.29. The molecule has 2 atom stereocenters. The largest absolute Gasteiger partial charge is 0.352 e. The Bertz CT molecular complexity index is 290. The zero-order valence-electron chi connectivity index (χ0n) is 11.4. The Kier molecular flexibility index (Phi) is 4.96. The Morgan fingerprint density at radius 1 is 1.33 bits per heavy atom. The summed E-state index contributed by atoms with van der Waals surface area (Å²) in [6, 6.07) is 0.382. The molecule has 2 fully saturated rings. The van der Waals surface area contributed by atoms with E-state index >= 15 is 0 Å². The predicted octanol–water partition coefficient (Wildman–Crippen LogP) is 2.44. The summed E-state index contributed by atoms with van der Waals surface area (Å²) in [7, 11) is 0. The summed E-state index contributed by atoms with van der Waals surface area (Å²) < 4.78 is 0. The van der Waals surface area contributed by atoms with Gasteiger partial charge in [0.05, 0.1) is 0 Å². The van der Waals surface area contributed by atoms with Gasteiger partial charge in [0.2, 0.25) is 5.91 Å². The number of rotatable bonds is 5. The molecule has 3 N–H and O–H groups in total. The van der Waals surface area contributed by atoms with E-state index in [1.54, 1.807) is 0 Å². The van der Waals surface area contributed by atoms with Gasteiger partial charge in [-0.3, -0.25) is 4.79 Å². The predicted molar refractivity (Wildman–Crippen MR) is 77.7 cm³/mol. The van der Waals surface area contributed by atoms with Gasteiger partial charge in [0.25, 0.3) is 0 Å². The maximum atomic E-state index is 12.1. The fraction of sp³-hybridized carbons (Fsp3) is 0.929. The van der Waals surface area contributed by atoms with Gasteiger partial charge in [0.15, 0.2) is 0 Å². The van der Waals surface area contributed by atoms with Gasteiger partial charge in [-0.2, -0.15) is 11.8 Å². The quantitative estimate of drug-likeness (QED) is 0.807. The van der Waals surface area contributed by atoms with Crippen LogP contribution < -0.4 is 11.1 Å². The second-order valence-corrected chi connectivity index (χ2v) is 7.36. The zero-order valence-corrected chi connectivity index (χ0v) is 12.2. The maximum Gasteiger partial charge on any atom is 0.222 e. The van der Waals surface area contributed by atoms with Crippen LogP contribution in [0, 0.1) is 0 Å². The molecule has 2 saturated carbocycles. The van der Waals surface area contributed by atoms with Crippen molar-refractivity contribution >= 4 is 17.7 Å². The van der Waals surface area contributed by atoms with E-state index in [0.717, 1.165) is 25.0 Å². The van der Waals surface area contributed by atoms with E-state index < -0.39 is 0 Å². The lowest BCUT2D eigenvalue weighted by atomic mass is 9.94. The Labute approximate surface area is 115 Å². The van der Waals surface area contributed by atoms with Crippen LogP contribution in [-0.4, -0.2) is 28.5 Å². The summed E-state index contributed by atoms with van der Waals surface area (Å²) in [5.41, 5.74) is 6.05. The maximum absolute atomic E-state index is 12.1. The van der Waals surface area contributed by atoms with Crippen LogP contribution >= 0.6 is 11.8 Å². The molecular formula is C14H26N2OS. The summed E-state index contributed by atoms with van der Waals surface area (Å²) in [5, 5.41) is 3.85. The van der Waals surface area contributed by atoms with Crippen LogP contribution in [0.4, 0.5) is 0 Å². The van der Waals surface area contributed by atoms with Crippen molar-refractivity contribution in [3.63, 3.8) is 0 Å². The van der Waals surface area contributed by atoms with Crippen molar-refractivity contribution in [2.75, 3.05) is 5.75 Å². The molecule has 0 saturated heterocycles. The molecule has 0 bridgehead atoms. The van der Waals surface area contributed by atoms with Crippen LogP contribution in [0.25, 0.3) is 0 Å². The van der Waals surface area contributed by atoms with E-state index in [-0.39, 0.29) is 11.4 Å². The summed E-state index contributed by atoms with van der Waals surface area (Å²) in [6.07, 6.45) is 8.54. The molecule has 0 spiro atoms. The second-order valence-electron chi connectivity index (χ2n) is 5.84. The molecule has 0 aliphatic heterocycles. The molecule has 18 heavy (non-hydrogen) atoms. The number of hydrogen-bond donors (Lipinski definition) is 2. The monoisotopic (exact) mass is 270 g/mol. The second kappa shape index (κ2) is 6.29. The number of carbonyl (C=O) groups is 1. The highest BCUT2D eigenvalue weighted by atomic mass is 32.2. The SMILES string of the molecule is CCSC1CCCC1NC(=O)CC1(N)CCCC1. The number of nitrogens with one attached hydrogen (secondary N) is 1. The molecule has 0 aromatic rings. The number of carbonyl (C=O) groups excluding carboxylic acids is 1. The van der Waals surface area contributed by atoms with Crippen molar-refractivity contribution < 1.29 is 4.79 Å². The Morgan fingerprint density at radius 2 is 2.06 bits per heavy atom. The van der Waals surface area contributed by atoms with Crippen molar-refractivity contribution in [2.24, 2.45) is 5.73 Å².